The molecule has 0 bridgehead atoms. The number of nitrogens with one attached hydrogen (secondary N) is 1. The Bertz CT molecular complexity index is 942. The van der Waals surface area contributed by atoms with E-state index in [-0.39, 0.29) is 24.4 Å². The molecule has 8 heteroatoms. The van der Waals surface area contributed by atoms with E-state index in [9.17, 15) is 0 Å². The maximum absolute atomic E-state index is 9.14. The molecule has 2 aromatic rings. The van der Waals surface area contributed by atoms with Gasteiger partial charge in [-0.2, -0.15) is 0 Å². The molecule has 7 nitrogen and oxygen atoms in total. The highest BCUT2D eigenvalue weighted by Crippen LogP contribution is 2.24. The van der Waals surface area contributed by atoms with Crippen molar-refractivity contribution in [2.75, 3.05) is 6.61 Å². The second kappa shape index (κ2) is 12.6. The maximum atomic E-state index is 9.14. The summed E-state index contributed by atoms with van der Waals surface area (Å²) in [5.41, 5.74) is 2.63. The monoisotopic (exact) mass is 447 g/mol. The van der Waals surface area contributed by atoms with E-state index in [2.05, 4.69) is 16.7 Å². The van der Waals surface area contributed by atoms with Gasteiger partial charge >= 0.3 is 0 Å². The zero-order valence-electron chi connectivity index (χ0n) is 18.8. The van der Waals surface area contributed by atoms with Gasteiger partial charge in [0.25, 0.3) is 0 Å². The zero-order valence-corrected chi connectivity index (χ0v) is 19.6. The summed E-state index contributed by atoms with van der Waals surface area (Å²) >= 11 is 6.15. The van der Waals surface area contributed by atoms with Gasteiger partial charge in [-0.05, 0) is 63.1 Å². The van der Waals surface area contributed by atoms with Crippen LogP contribution in [0.5, 0.6) is 11.6 Å². The molecule has 0 aliphatic rings. The van der Waals surface area contributed by atoms with Gasteiger partial charge in [0.15, 0.2) is 0 Å². The third-order valence-electron chi connectivity index (χ3n) is 3.68. The summed E-state index contributed by atoms with van der Waals surface area (Å²) in [7, 11) is 0. The lowest BCUT2D eigenvalue weighted by Gasteiger charge is -2.11. The molecule has 1 heterocycles. The summed E-state index contributed by atoms with van der Waals surface area (Å²) < 4.78 is 10.9. The summed E-state index contributed by atoms with van der Waals surface area (Å²) in [6.07, 6.45) is 1.39. The molecule has 31 heavy (non-hydrogen) atoms. The molecule has 168 valence electrons. The molecule has 2 rings (SSSR count). The van der Waals surface area contributed by atoms with E-state index >= 15 is 0 Å². The van der Waals surface area contributed by atoms with E-state index in [4.69, 9.17) is 36.4 Å². The number of hydrogen-bond acceptors (Lipinski definition) is 7. The average Bonchev–Trinajstić information content (AvgIpc) is 2.73. The number of ether oxygens (including phenoxy) is 2. The van der Waals surface area contributed by atoms with Crippen LogP contribution >= 0.6 is 11.6 Å². The minimum absolute atomic E-state index is 0.0329. The van der Waals surface area contributed by atoms with Crippen molar-refractivity contribution in [3.05, 3.63) is 64.5 Å². The number of halogens is 1. The number of aliphatic hydroxyl groups is 1. The predicted octanol–water partition coefficient (Wildman–Crippen LogP) is 6.07. The van der Waals surface area contributed by atoms with Crippen LogP contribution in [0.25, 0.3) is 0 Å². The van der Waals surface area contributed by atoms with E-state index in [0.29, 0.717) is 27.9 Å². The van der Waals surface area contributed by atoms with Gasteiger partial charge in [-0.3, -0.25) is 5.41 Å². The third-order valence-corrected chi connectivity index (χ3v) is 3.95. The topological polar surface area (TPSA) is 97.0 Å². The van der Waals surface area contributed by atoms with Crippen molar-refractivity contribution in [1.82, 2.24) is 4.98 Å². The molecule has 0 aliphatic carbocycles. The third kappa shape index (κ3) is 8.30. The molecule has 0 spiro atoms. The van der Waals surface area contributed by atoms with Crippen LogP contribution in [0, 0.1) is 12.3 Å². The van der Waals surface area contributed by atoms with Crippen LogP contribution in [0.4, 0.5) is 0 Å². The Balaban J connectivity index is 0.00000233. The number of nitrogens with zero attached hydrogens (tertiary/aromatic N) is 2. The number of hydrogen-bond donors (Lipinski definition) is 2. The van der Waals surface area contributed by atoms with Crippen molar-refractivity contribution in [3.63, 3.8) is 0 Å². The number of oxime groups is 1. The molecule has 0 radical (unpaired) electrons. The standard InChI is InChI=1S/C21H24ClN3O4.C2H6/c1-12(2)28-21-18(22)9-17(10-24-21)20(23)29-25-15(5)16-6-7-19(13(3)8-16)27-11-14(4)26;1-2/h6-10,12,23,26H,4,11H2,1-3,5H3;1-2H3/b23-20?,25-15+;. The number of aryl methyl sites for hydroxylation is 1. The molecule has 1 aromatic heterocycles. The van der Waals surface area contributed by atoms with Gasteiger partial charge in [-0.25, -0.2) is 4.98 Å². The van der Waals surface area contributed by atoms with E-state index in [1.165, 1.54) is 6.20 Å². The highest BCUT2D eigenvalue weighted by atomic mass is 35.5. The first kappa shape index (κ1) is 26.0. The fourth-order valence-corrected chi connectivity index (χ4v) is 2.49. The van der Waals surface area contributed by atoms with Crippen LogP contribution in [0.1, 0.15) is 51.3 Å². The fourth-order valence-electron chi connectivity index (χ4n) is 2.28. The fraction of sp³-hybridized carbons (Fsp3) is 0.348. The van der Waals surface area contributed by atoms with Crippen LogP contribution in [-0.2, 0) is 4.84 Å². The Morgan fingerprint density at radius 1 is 1.26 bits per heavy atom. The van der Waals surface area contributed by atoms with E-state index in [0.717, 1.165) is 11.1 Å². The molecule has 0 saturated carbocycles. The van der Waals surface area contributed by atoms with E-state index in [1.807, 2.05) is 46.8 Å². The second-order valence-corrected chi connectivity index (χ2v) is 7.02. The summed E-state index contributed by atoms with van der Waals surface area (Å²) in [5.74, 6) is 0.708. The SMILES string of the molecule is C=C(O)COc1ccc(/C(C)=N/OC(=N)c2cnc(OC(C)C)c(Cl)c2)cc1C.CC. The van der Waals surface area contributed by atoms with Gasteiger partial charge in [0.1, 0.15) is 23.1 Å². The van der Waals surface area contributed by atoms with E-state index in [1.54, 1.807) is 19.1 Å². The zero-order chi connectivity index (χ0) is 23.6. The minimum atomic E-state index is -0.187. The molecular formula is C23H30ClN3O4. The quantitative estimate of drug-likeness (QED) is 0.221. The Morgan fingerprint density at radius 2 is 1.94 bits per heavy atom. The van der Waals surface area contributed by atoms with Gasteiger partial charge in [0.2, 0.25) is 11.8 Å². The van der Waals surface area contributed by atoms with Gasteiger partial charge in [0, 0.05) is 6.20 Å². The highest BCUT2D eigenvalue weighted by molar-refractivity contribution is 6.32. The van der Waals surface area contributed by atoms with Crippen LogP contribution in [-0.4, -0.2) is 34.4 Å². The summed E-state index contributed by atoms with van der Waals surface area (Å²) in [5, 5.41) is 21.5. The minimum Gasteiger partial charge on any atom is -0.509 e. The lowest BCUT2D eigenvalue weighted by atomic mass is 10.1. The second-order valence-electron chi connectivity index (χ2n) is 6.61. The predicted molar refractivity (Wildman–Crippen MR) is 125 cm³/mol. The maximum Gasteiger partial charge on any atom is 0.250 e. The first-order chi connectivity index (χ1) is 14.7. The van der Waals surface area contributed by atoms with Crippen molar-refractivity contribution in [2.24, 2.45) is 5.16 Å². The first-order valence-electron chi connectivity index (χ1n) is 9.90. The number of aliphatic hydroxyl groups excluding tert-OH is 1. The van der Waals surface area contributed by atoms with Crippen molar-refractivity contribution in [2.45, 2.75) is 47.6 Å². The number of benzene rings is 1. The van der Waals surface area contributed by atoms with Crippen molar-refractivity contribution >= 4 is 23.2 Å². The number of rotatable bonds is 8. The molecule has 1 aromatic carbocycles. The normalized spacial score (nSPS) is 10.8. The summed E-state index contributed by atoms with van der Waals surface area (Å²) in [6.45, 7) is 14.8. The van der Waals surface area contributed by atoms with Crippen LogP contribution in [0.2, 0.25) is 5.02 Å². The Kier molecular flexibility index (Phi) is 10.6. The summed E-state index contributed by atoms with van der Waals surface area (Å²) in [4.78, 5) is 9.34. The Labute approximate surface area is 188 Å². The molecule has 0 saturated heterocycles. The molecule has 0 amide bonds. The summed E-state index contributed by atoms with van der Waals surface area (Å²) in [6, 6.07) is 7.00. The van der Waals surface area contributed by atoms with Crippen molar-refractivity contribution in [1.29, 1.82) is 5.41 Å². The largest absolute Gasteiger partial charge is 0.509 e. The Hall–Kier alpha value is -3.06. The van der Waals surface area contributed by atoms with Gasteiger partial charge in [-0.15, -0.1) is 0 Å². The van der Waals surface area contributed by atoms with Crippen LogP contribution in [0.3, 0.4) is 0 Å². The lowest BCUT2D eigenvalue weighted by molar-refractivity contribution is 0.232. The first-order valence-corrected chi connectivity index (χ1v) is 10.3. The van der Waals surface area contributed by atoms with Gasteiger partial charge < -0.3 is 19.4 Å². The Morgan fingerprint density at radius 3 is 2.48 bits per heavy atom. The number of pyridine rings is 1. The molecular weight excluding hydrogens is 418 g/mol. The average molecular weight is 448 g/mol. The molecule has 0 fully saturated rings. The highest BCUT2D eigenvalue weighted by Gasteiger charge is 2.11. The van der Waals surface area contributed by atoms with E-state index < -0.39 is 0 Å². The molecule has 0 atom stereocenters. The smallest absolute Gasteiger partial charge is 0.250 e. The van der Waals surface area contributed by atoms with Gasteiger partial charge in [-0.1, -0.05) is 37.2 Å². The number of aromatic nitrogens is 1. The molecule has 0 unspecified atom stereocenters. The molecule has 2 N–H and O–H groups in total. The van der Waals surface area contributed by atoms with Crippen LogP contribution in [0.15, 0.2) is 48.0 Å². The molecule has 0 aliphatic heterocycles. The lowest BCUT2D eigenvalue weighted by Crippen LogP contribution is -2.09. The van der Waals surface area contributed by atoms with Crippen LogP contribution < -0.4 is 9.47 Å². The van der Waals surface area contributed by atoms with Crippen molar-refractivity contribution in [3.8, 4) is 11.6 Å². The van der Waals surface area contributed by atoms with Gasteiger partial charge in [0.05, 0.1) is 17.4 Å². The van der Waals surface area contributed by atoms with Crippen molar-refractivity contribution < 1.29 is 19.4 Å².